The van der Waals surface area contributed by atoms with Crippen molar-refractivity contribution in [2.24, 2.45) is 4.99 Å². The molecule has 2 aliphatic heterocycles. The third-order valence-corrected chi connectivity index (χ3v) is 2.06. The molecule has 6 heteroatoms. The summed E-state index contributed by atoms with van der Waals surface area (Å²) in [5, 5.41) is 2.65. The van der Waals surface area contributed by atoms with Crippen molar-refractivity contribution in [3.05, 3.63) is 24.4 Å². The van der Waals surface area contributed by atoms with E-state index in [4.69, 9.17) is 0 Å². The van der Waals surface area contributed by atoms with Gasteiger partial charge in [0.05, 0.1) is 12.5 Å². The summed E-state index contributed by atoms with van der Waals surface area (Å²) >= 11 is 0. The summed E-state index contributed by atoms with van der Waals surface area (Å²) in [5.41, 5.74) is 0.431. The molecule has 0 saturated carbocycles. The van der Waals surface area contributed by atoms with E-state index >= 15 is 0 Å². The van der Waals surface area contributed by atoms with E-state index < -0.39 is 0 Å². The number of H-pyrrole nitrogens is 1. The van der Waals surface area contributed by atoms with Crippen molar-refractivity contribution in [3.8, 4) is 0 Å². The lowest BCUT2D eigenvalue weighted by atomic mass is 10.3. The first kappa shape index (κ1) is 6.55. The zero-order valence-corrected chi connectivity index (χ0v) is 6.53. The fraction of sp³-hybridized carbons (Fsp3) is 0. The predicted octanol–water partition coefficient (Wildman–Crippen LogP) is -1.49. The summed E-state index contributed by atoms with van der Waals surface area (Å²) in [7, 11) is 0. The summed E-state index contributed by atoms with van der Waals surface area (Å²) in [6, 6.07) is 0. The molecule has 1 aromatic heterocycles. The van der Waals surface area contributed by atoms with Gasteiger partial charge in [-0.05, 0) is 0 Å². The first-order valence-corrected chi connectivity index (χ1v) is 3.83. The number of aromatic amines is 1. The van der Waals surface area contributed by atoms with Gasteiger partial charge in [0, 0.05) is 0 Å². The molecule has 0 radical (unpaired) electrons. The van der Waals surface area contributed by atoms with Crippen LogP contribution in [-0.2, 0) is 0 Å². The highest BCUT2D eigenvalue weighted by atomic mass is 16.2. The Hall–Kier alpha value is -1.95. The Balaban J connectivity index is 2.24. The van der Waals surface area contributed by atoms with Gasteiger partial charge in [-0.3, -0.25) is 15.1 Å². The summed E-state index contributed by atoms with van der Waals surface area (Å²) in [6.07, 6.45) is 5.00. The second-order valence-corrected chi connectivity index (χ2v) is 2.79. The number of nitrogens with one attached hydrogen (secondary N) is 3. The summed E-state index contributed by atoms with van der Waals surface area (Å²) in [6.45, 7) is 0. The average Bonchev–Trinajstić information content (AvgIpc) is 2.66. The van der Waals surface area contributed by atoms with Crippen molar-refractivity contribution in [1.29, 1.82) is 0 Å². The second-order valence-electron chi connectivity index (χ2n) is 2.79. The molecule has 0 fully saturated rings. The number of guanidine groups is 1. The highest BCUT2D eigenvalue weighted by Gasteiger charge is 2.36. The van der Waals surface area contributed by atoms with E-state index in [1.165, 1.54) is 6.33 Å². The summed E-state index contributed by atoms with van der Waals surface area (Å²) < 4.78 is 0. The van der Waals surface area contributed by atoms with Crippen molar-refractivity contribution in [3.63, 3.8) is 0 Å². The monoisotopic (exact) mass is 176 g/mol. The highest BCUT2D eigenvalue weighted by Crippen LogP contribution is 2.08. The van der Waals surface area contributed by atoms with E-state index in [9.17, 15) is 4.79 Å². The zero-order valence-electron chi connectivity index (χ0n) is 6.53. The molecular weight excluding hydrogens is 170 g/mol. The Morgan fingerprint density at radius 3 is 3.31 bits per heavy atom. The third-order valence-electron chi connectivity index (χ3n) is 2.06. The fourth-order valence-electron chi connectivity index (χ4n) is 1.47. The maximum absolute atomic E-state index is 11.4. The van der Waals surface area contributed by atoms with Crippen LogP contribution < -0.4 is 10.2 Å². The average molecular weight is 176 g/mol. The van der Waals surface area contributed by atoms with Gasteiger partial charge in [0.15, 0.2) is 0 Å². The number of hydrogen-bond donors (Lipinski definition) is 3. The van der Waals surface area contributed by atoms with Gasteiger partial charge in [-0.15, -0.1) is 0 Å². The van der Waals surface area contributed by atoms with E-state index in [0.717, 1.165) is 10.7 Å². The fourth-order valence-corrected chi connectivity index (χ4v) is 1.47. The van der Waals surface area contributed by atoms with Crippen LogP contribution >= 0.6 is 0 Å². The number of aliphatic imine (C=N–C) groups is 1. The maximum atomic E-state index is 11.4. The van der Waals surface area contributed by atoms with Gasteiger partial charge in [-0.1, -0.05) is 0 Å². The van der Waals surface area contributed by atoms with Crippen LogP contribution in [0.15, 0.2) is 23.7 Å². The molecule has 6 nitrogen and oxygen atoms in total. The predicted molar refractivity (Wildman–Crippen MR) is 43.3 cm³/mol. The van der Waals surface area contributed by atoms with Crippen LogP contribution in [0.4, 0.5) is 5.82 Å². The van der Waals surface area contributed by atoms with E-state index in [1.54, 1.807) is 6.20 Å². The number of rotatable bonds is 0. The maximum Gasteiger partial charge on any atom is 0.319 e. The Kier molecular flexibility index (Phi) is 1.03. The number of aromatic nitrogens is 2. The molecule has 1 unspecified atom stereocenters. The van der Waals surface area contributed by atoms with Crippen LogP contribution in [0.3, 0.4) is 0 Å². The molecule has 0 bridgehead atoms. The normalized spacial score (nSPS) is 23.5. The first-order valence-electron chi connectivity index (χ1n) is 3.83. The number of fused-ring (bicyclic) bond motifs is 3. The summed E-state index contributed by atoms with van der Waals surface area (Å²) in [5.74, 6) is 1.14. The van der Waals surface area contributed by atoms with Crippen LogP contribution in [0.2, 0.25) is 0 Å². The van der Waals surface area contributed by atoms with Crippen LogP contribution in [0.5, 0.6) is 0 Å². The Bertz CT molecular complexity index is 443. The molecule has 64 valence electrons. The van der Waals surface area contributed by atoms with E-state index in [1.807, 2.05) is 6.20 Å². The largest absolute Gasteiger partial charge is 0.319 e. The Morgan fingerprint density at radius 2 is 2.38 bits per heavy atom. The van der Waals surface area contributed by atoms with Gasteiger partial charge in [0.2, 0.25) is 11.5 Å². The Morgan fingerprint density at radius 1 is 1.46 bits per heavy atom. The molecule has 0 aliphatic carbocycles. The van der Waals surface area contributed by atoms with Crippen LogP contribution in [0, 0.1) is 0 Å². The molecule has 13 heavy (non-hydrogen) atoms. The van der Waals surface area contributed by atoms with E-state index in [-0.39, 0.29) is 5.91 Å². The minimum absolute atomic E-state index is 0.206. The standard InChI is InChI=1S/C7H5N5O/c13-6-4-5(10-3-9-4)12-2-1-8-7(12)11-6/h1-3H,(H,9,10)(H,8,11,13)/p+1. The molecule has 1 amide bonds. The van der Waals surface area contributed by atoms with Gasteiger partial charge in [0.1, 0.15) is 6.20 Å². The van der Waals surface area contributed by atoms with Gasteiger partial charge in [-0.25, -0.2) is 4.98 Å². The van der Waals surface area contributed by atoms with Crippen LogP contribution in [-0.4, -0.2) is 21.8 Å². The quantitative estimate of drug-likeness (QED) is 0.450. The van der Waals surface area contributed by atoms with Crippen molar-refractivity contribution >= 4 is 17.7 Å². The molecule has 1 aromatic rings. The molecule has 3 heterocycles. The molecule has 1 atom stereocenters. The lowest BCUT2D eigenvalue weighted by molar-refractivity contribution is -0.670. The van der Waals surface area contributed by atoms with Gasteiger partial charge < -0.3 is 0 Å². The van der Waals surface area contributed by atoms with Crippen molar-refractivity contribution in [1.82, 2.24) is 15.3 Å². The lowest BCUT2D eigenvalue weighted by Crippen LogP contribution is -3.08. The number of imidazole rings is 1. The minimum Gasteiger partial charge on any atom is -0.299 e. The number of hydrogen-bond acceptors (Lipinski definition) is 3. The van der Waals surface area contributed by atoms with Gasteiger partial charge >= 0.3 is 5.96 Å². The molecule has 3 N–H and O–H groups in total. The topological polar surface area (TPSA) is 74.6 Å². The highest BCUT2D eigenvalue weighted by molar-refractivity contribution is 6.07. The molecule has 0 spiro atoms. The second kappa shape index (κ2) is 2.05. The lowest BCUT2D eigenvalue weighted by Gasteiger charge is -2.15. The number of carbonyl (C=O) groups is 1. The number of amides is 1. The van der Waals surface area contributed by atoms with Crippen molar-refractivity contribution in [2.75, 3.05) is 0 Å². The first-order chi connectivity index (χ1) is 6.36. The third kappa shape index (κ3) is 0.721. The van der Waals surface area contributed by atoms with Gasteiger partial charge in [-0.2, -0.15) is 9.89 Å². The number of quaternary nitrogens is 1. The minimum atomic E-state index is -0.206. The molecule has 3 rings (SSSR count). The van der Waals surface area contributed by atoms with Crippen LogP contribution in [0.25, 0.3) is 0 Å². The van der Waals surface area contributed by atoms with E-state index in [2.05, 4.69) is 20.3 Å². The number of nitrogens with zero attached hydrogens (tertiary/aromatic N) is 2. The summed E-state index contributed by atoms with van der Waals surface area (Å²) in [4.78, 5) is 23.1. The number of carbonyl (C=O) groups excluding carboxylic acids is 1. The SMILES string of the molecule is O=C1NC2=NC=C[NH+]2c2[nH]cnc21. The zero-order chi connectivity index (χ0) is 8.84. The van der Waals surface area contributed by atoms with Gasteiger partial charge in [0.25, 0.3) is 5.91 Å². The van der Waals surface area contributed by atoms with E-state index in [0.29, 0.717) is 11.7 Å². The smallest absolute Gasteiger partial charge is 0.299 e. The molecule has 0 aromatic carbocycles. The molecular formula is C7H6N5O+. The molecule has 2 aliphatic rings. The Labute approximate surface area is 73.0 Å². The van der Waals surface area contributed by atoms with Crippen molar-refractivity contribution < 1.29 is 9.69 Å². The van der Waals surface area contributed by atoms with Crippen molar-refractivity contribution in [2.45, 2.75) is 0 Å². The molecule has 0 saturated heterocycles. The van der Waals surface area contributed by atoms with Crippen LogP contribution in [0.1, 0.15) is 10.5 Å².